The van der Waals surface area contributed by atoms with Crippen LogP contribution in [0.4, 0.5) is 0 Å². The second kappa shape index (κ2) is 10.6. The lowest BCUT2D eigenvalue weighted by molar-refractivity contribution is -0.150. The molecule has 0 heterocycles. The Labute approximate surface area is 209 Å². The summed E-state index contributed by atoms with van der Waals surface area (Å²) in [6.07, 6.45) is 16.9. The van der Waals surface area contributed by atoms with Crippen molar-refractivity contribution in [3.05, 3.63) is 11.6 Å². The van der Waals surface area contributed by atoms with E-state index in [1.807, 2.05) is 0 Å². The van der Waals surface area contributed by atoms with Crippen molar-refractivity contribution in [3.63, 3.8) is 0 Å². The molecular formula is C30H52N2O2. The summed E-state index contributed by atoms with van der Waals surface area (Å²) < 4.78 is 5.80. The van der Waals surface area contributed by atoms with Crippen LogP contribution < -0.4 is 11.1 Å². The van der Waals surface area contributed by atoms with Crippen LogP contribution in [0.2, 0.25) is 0 Å². The third kappa shape index (κ3) is 5.01. The van der Waals surface area contributed by atoms with Crippen molar-refractivity contribution in [2.24, 2.45) is 52.1 Å². The largest absolute Gasteiger partial charge is 0.461 e. The number of nitrogens with two attached hydrogens (primary N) is 1. The van der Waals surface area contributed by atoms with Gasteiger partial charge in [0.25, 0.3) is 0 Å². The number of rotatable bonds is 9. The van der Waals surface area contributed by atoms with Gasteiger partial charge in [-0.3, -0.25) is 10.1 Å². The molecular weight excluding hydrogens is 420 g/mol. The molecule has 3 fully saturated rings. The summed E-state index contributed by atoms with van der Waals surface area (Å²) in [6, 6.07) is 0. The van der Waals surface area contributed by atoms with Crippen LogP contribution in [-0.4, -0.2) is 25.3 Å². The Hall–Kier alpha value is -0.870. The fourth-order valence-electron chi connectivity index (χ4n) is 9.15. The fraction of sp³-hybridized carbons (Fsp3) is 0.900. The van der Waals surface area contributed by atoms with Gasteiger partial charge in [-0.05, 0) is 91.3 Å². The first-order chi connectivity index (χ1) is 16.2. The molecule has 0 aromatic rings. The van der Waals surface area contributed by atoms with E-state index in [0.29, 0.717) is 17.5 Å². The normalized spacial score (nSPS) is 40.2. The third-order valence-electron chi connectivity index (χ3n) is 11.0. The molecule has 194 valence electrons. The summed E-state index contributed by atoms with van der Waals surface area (Å²) in [6.45, 7) is 13.0. The molecule has 0 aromatic heterocycles. The van der Waals surface area contributed by atoms with Gasteiger partial charge in [0.15, 0.2) is 0 Å². The molecule has 0 aliphatic heterocycles. The van der Waals surface area contributed by atoms with Gasteiger partial charge in [-0.15, -0.1) is 0 Å². The average molecular weight is 473 g/mol. The molecule has 3 N–H and O–H groups in total. The van der Waals surface area contributed by atoms with Crippen molar-refractivity contribution in [3.8, 4) is 0 Å². The highest BCUT2D eigenvalue weighted by molar-refractivity contribution is 5.71. The Bertz CT molecular complexity index is 748. The van der Waals surface area contributed by atoms with Crippen LogP contribution in [0.1, 0.15) is 105 Å². The number of hydrogen-bond acceptors (Lipinski definition) is 4. The van der Waals surface area contributed by atoms with Crippen molar-refractivity contribution >= 4 is 5.97 Å². The molecule has 0 amide bonds. The predicted octanol–water partition coefficient (Wildman–Crippen LogP) is 6.45. The molecule has 0 unspecified atom stereocenters. The molecule has 4 heteroatoms. The highest BCUT2D eigenvalue weighted by Gasteiger charge is 2.59. The second-order valence-corrected chi connectivity index (χ2v) is 13.3. The van der Waals surface area contributed by atoms with Gasteiger partial charge in [0.1, 0.15) is 6.10 Å². The zero-order chi connectivity index (χ0) is 24.5. The highest BCUT2D eigenvalue weighted by Crippen LogP contribution is 2.67. The van der Waals surface area contributed by atoms with Crippen molar-refractivity contribution < 1.29 is 9.53 Å². The van der Waals surface area contributed by atoms with Gasteiger partial charge in [0.2, 0.25) is 0 Å². The first-order valence-electron chi connectivity index (χ1n) is 14.5. The minimum atomic E-state index is -0.165. The van der Waals surface area contributed by atoms with E-state index in [0.717, 1.165) is 48.3 Å². The lowest BCUT2D eigenvalue weighted by Gasteiger charge is -2.58. The summed E-state index contributed by atoms with van der Waals surface area (Å²) in [7, 11) is 0. The summed E-state index contributed by atoms with van der Waals surface area (Å²) in [5.74, 6) is 5.03. The number of esters is 1. The maximum absolute atomic E-state index is 12.1. The van der Waals surface area contributed by atoms with Gasteiger partial charge in [-0.25, -0.2) is 0 Å². The van der Waals surface area contributed by atoms with Crippen molar-refractivity contribution in [2.75, 3.05) is 13.2 Å². The smallest absolute Gasteiger partial charge is 0.320 e. The SMILES string of the molecule is CC(C)CCC[C@@H](C)[C@H]1CC[C@H]2[C@@H]3CC=C4C[C@@H](OC(=O)CNCN)CC[C@]4(C)[C@H]3CC[C@]12C. The van der Waals surface area contributed by atoms with Crippen molar-refractivity contribution in [2.45, 2.75) is 111 Å². The molecule has 3 saturated carbocycles. The van der Waals surface area contributed by atoms with E-state index in [2.05, 4.69) is 46.0 Å². The lowest BCUT2D eigenvalue weighted by Crippen LogP contribution is -2.51. The molecule has 4 nitrogen and oxygen atoms in total. The first kappa shape index (κ1) is 26.2. The van der Waals surface area contributed by atoms with Gasteiger partial charge < -0.3 is 10.5 Å². The lowest BCUT2D eigenvalue weighted by atomic mass is 9.47. The van der Waals surface area contributed by atoms with Crippen LogP contribution in [0, 0.1) is 46.3 Å². The van der Waals surface area contributed by atoms with E-state index in [9.17, 15) is 4.79 Å². The Balaban J connectivity index is 1.41. The van der Waals surface area contributed by atoms with Gasteiger partial charge >= 0.3 is 5.97 Å². The summed E-state index contributed by atoms with van der Waals surface area (Å²) in [5, 5.41) is 2.88. The van der Waals surface area contributed by atoms with E-state index in [-0.39, 0.29) is 18.6 Å². The number of fused-ring (bicyclic) bond motifs is 5. The number of nitrogens with one attached hydrogen (secondary N) is 1. The molecule has 4 rings (SSSR count). The van der Waals surface area contributed by atoms with Crippen LogP contribution in [0.5, 0.6) is 0 Å². The number of carbonyl (C=O) groups is 1. The summed E-state index contributed by atoms with van der Waals surface area (Å²) in [4.78, 5) is 12.1. The van der Waals surface area contributed by atoms with E-state index >= 15 is 0 Å². The van der Waals surface area contributed by atoms with E-state index < -0.39 is 0 Å². The minimum absolute atomic E-state index is 0.0411. The maximum Gasteiger partial charge on any atom is 0.320 e. The highest BCUT2D eigenvalue weighted by atomic mass is 16.5. The summed E-state index contributed by atoms with van der Waals surface area (Å²) >= 11 is 0. The number of ether oxygens (including phenoxy) is 1. The van der Waals surface area contributed by atoms with E-state index in [1.54, 1.807) is 5.57 Å². The monoisotopic (exact) mass is 472 g/mol. The predicted molar refractivity (Wildman–Crippen MR) is 140 cm³/mol. The number of allylic oxidation sites excluding steroid dienone is 1. The molecule has 0 saturated heterocycles. The average Bonchev–Trinajstić information content (AvgIpc) is 3.15. The molecule has 4 aliphatic rings. The topological polar surface area (TPSA) is 64.3 Å². The number of carbonyl (C=O) groups excluding carboxylic acids is 1. The molecule has 0 spiro atoms. The third-order valence-corrected chi connectivity index (χ3v) is 11.0. The molecule has 0 bridgehead atoms. The van der Waals surface area contributed by atoms with Gasteiger partial charge in [-0.1, -0.05) is 65.5 Å². The Morgan fingerprint density at radius 3 is 2.65 bits per heavy atom. The molecule has 8 atom stereocenters. The van der Waals surface area contributed by atoms with Crippen LogP contribution in [-0.2, 0) is 9.53 Å². The second-order valence-electron chi connectivity index (χ2n) is 13.3. The number of hydrogen-bond donors (Lipinski definition) is 2. The van der Waals surface area contributed by atoms with Crippen LogP contribution in [0.15, 0.2) is 11.6 Å². The Morgan fingerprint density at radius 1 is 1.12 bits per heavy atom. The van der Waals surface area contributed by atoms with Gasteiger partial charge in [0.05, 0.1) is 6.54 Å². The van der Waals surface area contributed by atoms with Crippen molar-refractivity contribution in [1.82, 2.24) is 5.32 Å². The van der Waals surface area contributed by atoms with Crippen molar-refractivity contribution in [1.29, 1.82) is 0 Å². The van der Waals surface area contributed by atoms with Crippen LogP contribution in [0.3, 0.4) is 0 Å². The van der Waals surface area contributed by atoms with Gasteiger partial charge in [0, 0.05) is 13.1 Å². The fourth-order valence-corrected chi connectivity index (χ4v) is 9.15. The minimum Gasteiger partial charge on any atom is -0.461 e. The Morgan fingerprint density at radius 2 is 1.91 bits per heavy atom. The molecule has 4 aliphatic carbocycles. The van der Waals surface area contributed by atoms with E-state index in [1.165, 1.54) is 57.8 Å². The molecule has 0 aromatic carbocycles. The quantitative estimate of drug-likeness (QED) is 0.230. The summed E-state index contributed by atoms with van der Waals surface area (Å²) in [5.41, 5.74) is 7.89. The zero-order valence-electron chi connectivity index (χ0n) is 22.7. The maximum atomic E-state index is 12.1. The van der Waals surface area contributed by atoms with Crippen LogP contribution >= 0.6 is 0 Å². The standard InChI is InChI=1S/C30H52N2O2/c1-20(2)7-6-8-21(3)25-11-12-26-24-10-9-22-17-23(34-28(33)18-32-19-31)13-15-29(22,4)27(24)14-16-30(25,26)5/h9,20-21,23-27,32H,6-8,10-19,31H2,1-5H3/t21-,23+,24+,25-,26+,27+,29+,30-/m1/s1. The molecule has 0 radical (unpaired) electrons. The van der Waals surface area contributed by atoms with Gasteiger partial charge in [-0.2, -0.15) is 0 Å². The Kier molecular flexibility index (Phi) is 8.19. The van der Waals surface area contributed by atoms with E-state index in [4.69, 9.17) is 10.5 Å². The van der Waals surface area contributed by atoms with Crippen LogP contribution in [0.25, 0.3) is 0 Å². The zero-order valence-corrected chi connectivity index (χ0v) is 22.7. The first-order valence-corrected chi connectivity index (χ1v) is 14.5. The molecule has 34 heavy (non-hydrogen) atoms.